The van der Waals surface area contributed by atoms with Gasteiger partial charge in [0.25, 0.3) is 0 Å². The molecule has 0 unspecified atom stereocenters. The van der Waals surface area contributed by atoms with Crippen LogP contribution >= 0.6 is 11.3 Å². The minimum absolute atomic E-state index is 0.00757. The molecule has 3 nitrogen and oxygen atoms in total. The van der Waals surface area contributed by atoms with Crippen molar-refractivity contribution in [1.82, 2.24) is 9.97 Å². The number of aliphatic hydroxyl groups excluding tert-OH is 1. The summed E-state index contributed by atoms with van der Waals surface area (Å²) in [6.45, 7) is -0.177. The second-order valence-corrected chi connectivity index (χ2v) is 7.94. The van der Waals surface area contributed by atoms with E-state index in [2.05, 4.69) is 35.3 Å². The Hall–Kier alpha value is -2.63. The average Bonchev–Trinajstić information content (AvgIpc) is 3.41. The van der Waals surface area contributed by atoms with Crippen molar-refractivity contribution in [3.05, 3.63) is 83.3 Å². The van der Waals surface area contributed by atoms with Crippen molar-refractivity contribution in [2.45, 2.75) is 24.9 Å². The van der Waals surface area contributed by atoms with Gasteiger partial charge >= 0.3 is 0 Å². The number of aromatic nitrogens is 2. The van der Waals surface area contributed by atoms with Crippen LogP contribution in [0.15, 0.2) is 60.7 Å². The molecule has 0 radical (unpaired) electrons. The molecule has 27 heavy (non-hydrogen) atoms. The van der Waals surface area contributed by atoms with Gasteiger partial charge in [-0.25, -0.2) is 14.4 Å². The van der Waals surface area contributed by atoms with Crippen LogP contribution in [0.25, 0.3) is 20.9 Å². The second-order valence-electron chi connectivity index (χ2n) is 6.96. The number of thiazole rings is 1. The van der Waals surface area contributed by atoms with Crippen molar-refractivity contribution in [3.63, 3.8) is 0 Å². The van der Waals surface area contributed by atoms with E-state index in [0.29, 0.717) is 16.1 Å². The molecule has 1 aliphatic carbocycles. The first kappa shape index (κ1) is 16.5. The summed E-state index contributed by atoms with van der Waals surface area (Å²) in [5.74, 6) is -0.372. The van der Waals surface area contributed by atoms with Gasteiger partial charge in [-0.15, -0.1) is 0 Å². The Morgan fingerprint density at radius 3 is 2.52 bits per heavy atom. The maximum Gasteiger partial charge on any atom is 0.144 e. The highest BCUT2D eigenvalue weighted by atomic mass is 32.1. The van der Waals surface area contributed by atoms with E-state index in [-0.39, 0.29) is 17.8 Å². The highest BCUT2D eigenvalue weighted by molar-refractivity contribution is 7.21. The van der Waals surface area contributed by atoms with Crippen molar-refractivity contribution in [1.29, 1.82) is 0 Å². The molecule has 1 aliphatic rings. The Kier molecular flexibility index (Phi) is 3.81. The number of hydrogen-bond acceptors (Lipinski definition) is 4. The third kappa shape index (κ3) is 2.74. The first-order valence-electron chi connectivity index (χ1n) is 8.93. The lowest BCUT2D eigenvalue weighted by Gasteiger charge is -2.14. The number of nitrogens with zero attached hydrogens (tertiary/aromatic N) is 2. The summed E-state index contributed by atoms with van der Waals surface area (Å²) < 4.78 is 14.4. The minimum atomic E-state index is -0.372. The first-order valence-corrected chi connectivity index (χ1v) is 9.74. The Morgan fingerprint density at radius 1 is 1.00 bits per heavy atom. The predicted molar refractivity (Wildman–Crippen MR) is 105 cm³/mol. The van der Waals surface area contributed by atoms with Crippen molar-refractivity contribution in [3.8, 4) is 10.6 Å². The zero-order valence-electron chi connectivity index (χ0n) is 14.5. The molecule has 0 amide bonds. The SMILES string of the molecule is OCc1ccc(-c2nc3ccc(C4(c5ccccc5)CC4)nc3s2)c(F)c1. The molecule has 2 aromatic carbocycles. The molecule has 0 aliphatic heterocycles. The van der Waals surface area contributed by atoms with E-state index >= 15 is 0 Å². The lowest BCUT2D eigenvalue weighted by Crippen LogP contribution is -2.10. The summed E-state index contributed by atoms with van der Waals surface area (Å²) in [7, 11) is 0. The summed E-state index contributed by atoms with van der Waals surface area (Å²) >= 11 is 1.41. The molecular formula is C22H17FN2OS. The standard InChI is InChI=1S/C22H17FN2OS/c23-17-12-14(13-26)6-7-16(17)20-24-18-8-9-19(25-21(18)27-20)22(10-11-22)15-4-2-1-3-5-15/h1-9,12,26H,10-11,13H2. The lowest BCUT2D eigenvalue weighted by atomic mass is 9.92. The molecule has 0 spiro atoms. The van der Waals surface area contributed by atoms with Crippen molar-refractivity contribution in [2.24, 2.45) is 0 Å². The van der Waals surface area contributed by atoms with E-state index in [9.17, 15) is 4.39 Å². The van der Waals surface area contributed by atoms with Crippen LogP contribution in [0, 0.1) is 5.82 Å². The minimum Gasteiger partial charge on any atom is -0.392 e. The number of fused-ring (bicyclic) bond motifs is 1. The maximum absolute atomic E-state index is 14.4. The molecule has 0 bridgehead atoms. The van der Waals surface area contributed by atoms with Gasteiger partial charge in [-0.1, -0.05) is 47.7 Å². The van der Waals surface area contributed by atoms with E-state index in [1.165, 1.54) is 23.0 Å². The highest BCUT2D eigenvalue weighted by Crippen LogP contribution is 2.53. The summed E-state index contributed by atoms with van der Waals surface area (Å²) in [5, 5.41) is 9.77. The Bertz CT molecular complexity index is 1140. The van der Waals surface area contributed by atoms with Crippen LogP contribution in [0.3, 0.4) is 0 Å². The van der Waals surface area contributed by atoms with Crippen LogP contribution < -0.4 is 0 Å². The van der Waals surface area contributed by atoms with Gasteiger partial charge in [-0.05, 0) is 48.2 Å². The fraction of sp³-hybridized carbons (Fsp3) is 0.182. The molecule has 5 heteroatoms. The summed E-state index contributed by atoms with van der Waals surface area (Å²) in [5.41, 5.74) is 4.15. The summed E-state index contributed by atoms with van der Waals surface area (Å²) in [6.07, 6.45) is 2.19. The van der Waals surface area contributed by atoms with Crippen molar-refractivity contribution in [2.75, 3.05) is 0 Å². The Labute approximate surface area is 160 Å². The average molecular weight is 376 g/mol. The molecule has 1 saturated carbocycles. The fourth-order valence-electron chi connectivity index (χ4n) is 3.60. The monoisotopic (exact) mass is 376 g/mol. The highest BCUT2D eigenvalue weighted by Gasteiger charge is 2.47. The topological polar surface area (TPSA) is 46.0 Å². The van der Waals surface area contributed by atoms with Gasteiger partial charge in [0.2, 0.25) is 0 Å². The van der Waals surface area contributed by atoms with Crippen LogP contribution in [0.2, 0.25) is 0 Å². The first-order chi connectivity index (χ1) is 13.2. The van der Waals surface area contributed by atoms with E-state index in [1.807, 2.05) is 12.1 Å². The number of rotatable bonds is 4. The third-order valence-corrected chi connectivity index (χ3v) is 6.27. The van der Waals surface area contributed by atoms with E-state index in [0.717, 1.165) is 28.9 Å². The Balaban J connectivity index is 1.56. The van der Waals surface area contributed by atoms with Gasteiger partial charge in [-0.3, -0.25) is 0 Å². The molecule has 2 aromatic heterocycles. The zero-order chi connectivity index (χ0) is 18.4. The normalized spacial score (nSPS) is 15.2. The number of halogens is 1. The fourth-order valence-corrected chi connectivity index (χ4v) is 4.57. The molecule has 1 fully saturated rings. The van der Waals surface area contributed by atoms with E-state index < -0.39 is 0 Å². The number of hydrogen-bond donors (Lipinski definition) is 1. The van der Waals surface area contributed by atoms with Crippen molar-refractivity contribution < 1.29 is 9.50 Å². The van der Waals surface area contributed by atoms with Gasteiger partial charge in [-0.2, -0.15) is 0 Å². The third-order valence-electron chi connectivity index (χ3n) is 5.27. The number of pyridine rings is 1. The molecule has 134 valence electrons. The van der Waals surface area contributed by atoms with Gasteiger partial charge in [0.1, 0.15) is 21.2 Å². The number of aliphatic hydroxyl groups is 1. The van der Waals surface area contributed by atoms with E-state index in [4.69, 9.17) is 10.1 Å². The Morgan fingerprint density at radius 2 is 1.81 bits per heavy atom. The smallest absolute Gasteiger partial charge is 0.144 e. The molecule has 0 atom stereocenters. The quantitative estimate of drug-likeness (QED) is 0.541. The van der Waals surface area contributed by atoms with Crippen LogP contribution in [-0.4, -0.2) is 15.1 Å². The molecule has 1 N–H and O–H groups in total. The number of benzene rings is 2. The molecular weight excluding hydrogens is 359 g/mol. The van der Waals surface area contributed by atoms with Crippen LogP contribution in [0.4, 0.5) is 4.39 Å². The predicted octanol–water partition coefficient (Wildman–Crippen LogP) is 5.07. The molecule has 0 saturated heterocycles. The maximum atomic E-state index is 14.4. The van der Waals surface area contributed by atoms with Gasteiger partial charge in [0.15, 0.2) is 0 Å². The summed E-state index contributed by atoms with van der Waals surface area (Å²) in [4.78, 5) is 10.3. The van der Waals surface area contributed by atoms with Crippen molar-refractivity contribution >= 4 is 21.7 Å². The van der Waals surface area contributed by atoms with E-state index in [1.54, 1.807) is 12.1 Å². The van der Waals surface area contributed by atoms with Crippen LogP contribution in [0.5, 0.6) is 0 Å². The van der Waals surface area contributed by atoms with Crippen LogP contribution in [-0.2, 0) is 12.0 Å². The molecule has 2 heterocycles. The molecule has 5 rings (SSSR count). The second kappa shape index (κ2) is 6.22. The molecule has 4 aromatic rings. The largest absolute Gasteiger partial charge is 0.392 e. The van der Waals surface area contributed by atoms with Crippen LogP contribution in [0.1, 0.15) is 29.7 Å². The lowest BCUT2D eigenvalue weighted by molar-refractivity contribution is 0.281. The van der Waals surface area contributed by atoms with Gasteiger partial charge < -0.3 is 5.11 Å². The zero-order valence-corrected chi connectivity index (χ0v) is 15.3. The van der Waals surface area contributed by atoms with Gasteiger partial charge in [0, 0.05) is 11.0 Å². The van der Waals surface area contributed by atoms with Gasteiger partial charge in [0.05, 0.1) is 12.3 Å². The summed E-state index contributed by atoms with van der Waals surface area (Å²) in [6, 6.07) is 19.3.